The monoisotopic (exact) mass is 316 g/mol. The van der Waals surface area contributed by atoms with E-state index in [0.29, 0.717) is 0 Å². The Labute approximate surface area is 103 Å². The van der Waals surface area contributed by atoms with Crippen molar-refractivity contribution in [2.75, 3.05) is 0 Å². The second-order valence-electron chi connectivity index (χ2n) is 4.67. The Morgan fingerprint density at radius 2 is 1.87 bits per heavy atom. The molecule has 1 aliphatic carbocycles. The molecule has 15 heavy (non-hydrogen) atoms. The molecular formula is C12H13IO2. The van der Waals surface area contributed by atoms with Gasteiger partial charge >= 0.3 is 5.97 Å². The van der Waals surface area contributed by atoms with Crippen molar-refractivity contribution in [2.45, 2.75) is 19.8 Å². The first-order valence-corrected chi connectivity index (χ1v) is 6.00. The number of hydrogen-bond acceptors (Lipinski definition) is 1. The SMILES string of the molecule is CC1(C)C(C(=O)O)C1c1ccc(I)cc1. The van der Waals surface area contributed by atoms with E-state index in [-0.39, 0.29) is 17.3 Å². The molecule has 1 fully saturated rings. The molecule has 1 saturated carbocycles. The fourth-order valence-electron chi connectivity index (χ4n) is 2.39. The summed E-state index contributed by atoms with van der Waals surface area (Å²) in [5.41, 5.74) is 1.05. The molecule has 0 bridgehead atoms. The highest BCUT2D eigenvalue weighted by atomic mass is 127. The molecule has 0 spiro atoms. The quantitative estimate of drug-likeness (QED) is 0.851. The molecule has 1 aromatic rings. The molecule has 0 heterocycles. The first-order chi connectivity index (χ1) is 6.94. The number of carboxylic acid groups (broad SMARTS) is 1. The lowest BCUT2D eigenvalue weighted by molar-refractivity contribution is -0.139. The van der Waals surface area contributed by atoms with Gasteiger partial charge in [-0.05, 0) is 45.7 Å². The summed E-state index contributed by atoms with van der Waals surface area (Å²) in [6.45, 7) is 4.04. The van der Waals surface area contributed by atoms with E-state index in [1.54, 1.807) is 0 Å². The molecule has 2 nitrogen and oxygen atoms in total. The van der Waals surface area contributed by atoms with Gasteiger partial charge in [-0.1, -0.05) is 26.0 Å². The fraction of sp³-hybridized carbons (Fsp3) is 0.417. The average molecular weight is 316 g/mol. The van der Waals surface area contributed by atoms with Crippen LogP contribution in [0.3, 0.4) is 0 Å². The zero-order chi connectivity index (χ0) is 11.2. The predicted octanol–water partition coefficient (Wildman–Crippen LogP) is 3.12. The Morgan fingerprint density at radius 1 is 1.33 bits per heavy atom. The molecule has 80 valence electrons. The summed E-state index contributed by atoms with van der Waals surface area (Å²) in [4.78, 5) is 11.0. The van der Waals surface area contributed by atoms with Crippen molar-refractivity contribution in [3.05, 3.63) is 33.4 Å². The van der Waals surface area contributed by atoms with E-state index in [2.05, 4.69) is 22.6 Å². The van der Waals surface area contributed by atoms with E-state index in [9.17, 15) is 4.79 Å². The van der Waals surface area contributed by atoms with Gasteiger partial charge in [0.2, 0.25) is 0 Å². The molecule has 0 amide bonds. The number of rotatable bonds is 2. The first-order valence-electron chi connectivity index (χ1n) is 4.93. The number of aliphatic carboxylic acids is 1. The molecule has 2 atom stereocenters. The topological polar surface area (TPSA) is 37.3 Å². The molecular weight excluding hydrogens is 303 g/mol. The van der Waals surface area contributed by atoms with E-state index in [1.807, 2.05) is 38.1 Å². The van der Waals surface area contributed by atoms with Gasteiger partial charge in [-0.25, -0.2) is 0 Å². The largest absolute Gasteiger partial charge is 0.481 e. The number of carboxylic acids is 1. The third kappa shape index (κ3) is 1.77. The summed E-state index contributed by atoms with van der Waals surface area (Å²) < 4.78 is 1.18. The summed E-state index contributed by atoms with van der Waals surface area (Å²) in [7, 11) is 0. The van der Waals surface area contributed by atoms with Gasteiger partial charge in [0.25, 0.3) is 0 Å². The van der Waals surface area contributed by atoms with E-state index in [0.717, 1.165) is 5.56 Å². The van der Waals surface area contributed by atoms with Gasteiger partial charge in [0, 0.05) is 9.49 Å². The van der Waals surface area contributed by atoms with Gasteiger partial charge in [-0.3, -0.25) is 4.79 Å². The average Bonchev–Trinajstić information content (AvgIpc) is 2.70. The Hall–Kier alpha value is -0.580. The summed E-state index contributed by atoms with van der Waals surface area (Å²) in [5, 5.41) is 9.07. The lowest BCUT2D eigenvalue weighted by Gasteiger charge is -2.02. The van der Waals surface area contributed by atoms with Crippen molar-refractivity contribution in [3.8, 4) is 0 Å². The maximum absolute atomic E-state index is 11.0. The summed E-state index contributed by atoms with van der Waals surface area (Å²) in [6.07, 6.45) is 0. The lowest BCUT2D eigenvalue weighted by atomic mass is 10.0. The van der Waals surface area contributed by atoms with Gasteiger partial charge in [0.1, 0.15) is 0 Å². The van der Waals surface area contributed by atoms with Gasteiger partial charge in [-0.2, -0.15) is 0 Å². The predicted molar refractivity (Wildman–Crippen MR) is 66.8 cm³/mol. The Kier molecular flexibility index (Phi) is 2.53. The lowest BCUT2D eigenvalue weighted by Crippen LogP contribution is -2.03. The molecule has 1 aromatic carbocycles. The zero-order valence-electron chi connectivity index (χ0n) is 8.70. The van der Waals surface area contributed by atoms with Crippen LogP contribution in [-0.4, -0.2) is 11.1 Å². The molecule has 2 rings (SSSR count). The second-order valence-corrected chi connectivity index (χ2v) is 5.91. The third-order valence-electron chi connectivity index (χ3n) is 3.32. The standard InChI is InChI=1S/C12H13IO2/c1-12(2)9(10(12)11(14)15)7-3-5-8(13)6-4-7/h3-6,9-10H,1-2H3,(H,14,15). The van der Waals surface area contributed by atoms with Gasteiger partial charge < -0.3 is 5.11 Å². The highest BCUT2D eigenvalue weighted by Crippen LogP contribution is 2.64. The highest BCUT2D eigenvalue weighted by Gasteiger charge is 2.62. The molecule has 3 heteroatoms. The maximum atomic E-state index is 11.0. The molecule has 0 radical (unpaired) electrons. The summed E-state index contributed by atoms with van der Waals surface area (Å²) in [6, 6.07) is 8.14. The number of carbonyl (C=O) groups is 1. The number of hydrogen-bond donors (Lipinski definition) is 1. The molecule has 0 aliphatic heterocycles. The van der Waals surface area contributed by atoms with Gasteiger partial charge in [-0.15, -0.1) is 0 Å². The zero-order valence-corrected chi connectivity index (χ0v) is 10.9. The molecule has 0 saturated heterocycles. The number of halogens is 1. The minimum Gasteiger partial charge on any atom is -0.481 e. The van der Waals surface area contributed by atoms with Crippen LogP contribution < -0.4 is 0 Å². The van der Waals surface area contributed by atoms with Crippen LogP contribution in [-0.2, 0) is 4.79 Å². The van der Waals surface area contributed by atoms with Crippen LogP contribution in [0.1, 0.15) is 25.3 Å². The van der Waals surface area contributed by atoms with Crippen LogP contribution in [0.5, 0.6) is 0 Å². The van der Waals surface area contributed by atoms with Crippen molar-refractivity contribution < 1.29 is 9.90 Å². The normalized spacial score (nSPS) is 27.4. The highest BCUT2D eigenvalue weighted by molar-refractivity contribution is 14.1. The minimum atomic E-state index is -0.677. The van der Waals surface area contributed by atoms with Crippen molar-refractivity contribution in [3.63, 3.8) is 0 Å². The Balaban J connectivity index is 2.27. The van der Waals surface area contributed by atoms with Crippen LogP contribution in [0.4, 0.5) is 0 Å². The van der Waals surface area contributed by atoms with Crippen LogP contribution >= 0.6 is 22.6 Å². The third-order valence-corrected chi connectivity index (χ3v) is 4.04. The number of benzene rings is 1. The molecule has 0 aromatic heterocycles. The Bertz CT molecular complexity index is 395. The second kappa shape index (κ2) is 3.47. The fourth-order valence-corrected chi connectivity index (χ4v) is 2.75. The molecule has 1 N–H and O–H groups in total. The van der Waals surface area contributed by atoms with Crippen molar-refractivity contribution in [1.82, 2.24) is 0 Å². The van der Waals surface area contributed by atoms with Crippen molar-refractivity contribution >= 4 is 28.6 Å². The van der Waals surface area contributed by atoms with Crippen molar-refractivity contribution in [2.24, 2.45) is 11.3 Å². The summed E-state index contributed by atoms with van der Waals surface area (Å²) in [5.74, 6) is -0.729. The van der Waals surface area contributed by atoms with E-state index in [4.69, 9.17) is 5.11 Å². The maximum Gasteiger partial charge on any atom is 0.307 e. The first kappa shape index (κ1) is 10.9. The van der Waals surface area contributed by atoms with E-state index >= 15 is 0 Å². The smallest absolute Gasteiger partial charge is 0.307 e. The molecule has 2 unspecified atom stereocenters. The Morgan fingerprint density at radius 3 is 2.27 bits per heavy atom. The molecule has 1 aliphatic rings. The van der Waals surface area contributed by atoms with Gasteiger partial charge in [0.05, 0.1) is 5.92 Å². The van der Waals surface area contributed by atoms with Crippen LogP contribution in [0, 0.1) is 14.9 Å². The van der Waals surface area contributed by atoms with Crippen LogP contribution in [0.25, 0.3) is 0 Å². The van der Waals surface area contributed by atoms with Crippen molar-refractivity contribution in [1.29, 1.82) is 0 Å². The van der Waals surface area contributed by atoms with E-state index in [1.165, 1.54) is 3.57 Å². The van der Waals surface area contributed by atoms with Gasteiger partial charge in [0.15, 0.2) is 0 Å². The summed E-state index contributed by atoms with van der Waals surface area (Å²) >= 11 is 2.25. The van der Waals surface area contributed by atoms with E-state index < -0.39 is 5.97 Å². The van der Waals surface area contributed by atoms with Crippen LogP contribution in [0.2, 0.25) is 0 Å². The minimum absolute atomic E-state index is 0.0986. The van der Waals surface area contributed by atoms with Crippen LogP contribution in [0.15, 0.2) is 24.3 Å².